The van der Waals surface area contributed by atoms with Crippen molar-refractivity contribution >= 4 is 0 Å². The minimum atomic E-state index is 0.320. The molecule has 0 saturated carbocycles. The second-order valence-corrected chi connectivity index (χ2v) is 5.81. The molecular formula is C19H25NO. The number of nitrogens with two attached hydrogens (primary N) is 1. The number of rotatable bonds is 5. The molecule has 2 aromatic carbocycles. The Morgan fingerprint density at radius 2 is 1.67 bits per heavy atom. The monoisotopic (exact) mass is 283 g/mol. The second kappa shape index (κ2) is 6.77. The number of methoxy groups -OCH3 is 1. The quantitative estimate of drug-likeness (QED) is 0.903. The van der Waals surface area contributed by atoms with Crippen LogP contribution in [0.25, 0.3) is 0 Å². The average Bonchev–Trinajstić information content (AvgIpc) is 2.47. The Labute approximate surface area is 127 Å². The number of benzene rings is 2. The fourth-order valence-corrected chi connectivity index (χ4v) is 2.85. The Hall–Kier alpha value is -1.80. The van der Waals surface area contributed by atoms with Crippen LogP contribution in [0.3, 0.4) is 0 Å². The summed E-state index contributed by atoms with van der Waals surface area (Å²) >= 11 is 0. The van der Waals surface area contributed by atoms with Gasteiger partial charge in [0.05, 0.1) is 7.11 Å². The van der Waals surface area contributed by atoms with Crippen LogP contribution in [-0.4, -0.2) is 13.7 Å². The van der Waals surface area contributed by atoms with Crippen LogP contribution in [0.4, 0.5) is 0 Å². The highest BCUT2D eigenvalue weighted by atomic mass is 16.5. The van der Waals surface area contributed by atoms with E-state index >= 15 is 0 Å². The zero-order chi connectivity index (χ0) is 15.4. The van der Waals surface area contributed by atoms with E-state index in [1.54, 1.807) is 7.11 Å². The van der Waals surface area contributed by atoms with Gasteiger partial charge in [0.2, 0.25) is 0 Å². The van der Waals surface area contributed by atoms with E-state index in [1.807, 2.05) is 6.07 Å². The Balaban J connectivity index is 2.35. The van der Waals surface area contributed by atoms with Gasteiger partial charge in [-0.2, -0.15) is 0 Å². The summed E-state index contributed by atoms with van der Waals surface area (Å²) in [5.74, 6) is 1.27. The summed E-state index contributed by atoms with van der Waals surface area (Å²) in [6.45, 7) is 7.04. The Morgan fingerprint density at radius 3 is 2.33 bits per heavy atom. The normalized spacial score (nSPS) is 12.2. The molecule has 0 aromatic heterocycles. The number of hydrogen-bond donors (Lipinski definition) is 1. The third kappa shape index (κ3) is 3.64. The Morgan fingerprint density at radius 1 is 1.00 bits per heavy atom. The van der Waals surface area contributed by atoms with Crippen molar-refractivity contribution in [1.29, 1.82) is 0 Å². The van der Waals surface area contributed by atoms with E-state index < -0.39 is 0 Å². The highest BCUT2D eigenvalue weighted by molar-refractivity contribution is 5.40. The van der Waals surface area contributed by atoms with Crippen LogP contribution in [0.15, 0.2) is 36.4 Å². The van der Waals surface area contributed by atoms with Crippen molar-refractivity contribution in [2.24, 2.45) is 5.73 Å². The lowest BCUT2D eigenvalue weighted by atomic mass is 9.87. The molecule has 0 spiro atoms. The molecule has 2 heteroatoms. The van der Waals surface area contributed by atoms with E-state index in [2.05, 4.69) is 51.1 Å². The maximum absolute atomic E-state index is 6.06. The molecule has 0 saturated heterocycles. The van der Waals surface area contributed by atoms with Gasteiger partial charge < -0.3 is 10.5 Å². The maximum atomic E-state index is 6.06. The molecule has 0 aliphatic heterocycles. The number of ether oxygens (including phenoxy) is 1. The van der Waals surface area contributed by atoms with Gasteiger partial charge in [0.1, 0.15) is 5.75 Å². The first-order valence-electron chi connectivity index (χ1n) is 7.46. The summed E-state index contributed by atoms with van der Waals surface area (Å²) in [5.41, 5.74) is 12.5. The van der Waals surface area contributed by atoms with Gasteiger partial charge in [0.15, 0.2) is 0 Å². The zero-order valence-corrected chi connectivity index (χ0v) is 13.4. The van der Waals surface area contributed by atoms with E-state index in [9.17, 15) is 0 Å². The maximum Gasteiger partial charge on any atom is 0.122 e. The average molecular weight is 283 g/mol. The van der Waals surface area contributed by atoms with Crippen LogP contribution >= 0.6 is 0 Å². The SMILES string of the molecule is COc1ccc(C)cc1CC(CN)c1cc(C)ccc1C. The van der Waals surface area contributed by atoms with Crippen molar-refractivity contribution < 1.29 is 4.74 Å². The molecule has 0 amide bonds. The fraction of sp³-hybridized carbons (Fsp3) is 0.368. The molecule has 0 radical (unpaired) electrons. The Kier molecular flexibility index (Phi) is 5.03. The van der Waals surface area contributed by atoms with E-state index in [0.717, 1.165) is 12.2 Å². The van der Waals surface area contributed by atoms with Crippen molar-refractivity contribution in [2.75, 3.05) is 13.7 Å². The summed E-state index contributed by atoms with van der Waals surface area (Å²) in [4.78, 5) is 0. The zero-order valence-electron chi connectivity index (χ0n) is 13.4. The van der Waals surface area contributed by atoms with Crippen LogP contribution in [0, 0.1) is 20.8 Å². The third-order valence-corrected chi connectivity index (χ3v) is 4.06. The van der Waals surface area contributed by atoms with Crippen molar-refractivity contribution in [1.82, 2.24) is 0 Å². The first-order chi connectivity index (χ1) is 10.0. The van der Waals surface area contributed by atoms with Crippen LogP contribution in [-0.2, 0) is 6.42 Å². The van der Waals surface area contributed by atoms with Gasteiger partial charge in [-0.05, 0) is 56.5 Å². The number of hydrogen-bond acceptors (Lipinski definition) is 2. The van der Waals surface area contributed by atoms with Crippen molar-refractivity contribution in [3.8, 4) is 5.75 Å². The molecule has 1 unspecified atom stereocenters. The fourth-order valence-electron chi connectivity index (χ4n) is 2.85. The van der Waals surface area contributed by atoms with Crippen LogP contribution in [0.1, 0.15) is 33.7 Å². The van der Waals surface area contributed by atoms with E-state index in [1.165, 1.54) is 27.8 Å². The molecule has 2 rings (SSSR count). The highest BCUT2D eigenvalue weighted by Gasteiger charge is 2.16. The van der Waals surface area contributed by atoms with E-state index in [-0.39, 0.29) is 0 Å². The van der Waals surface area contributed by atoms with Gasteiger partial charge in [-0.1, -0.05) is 41.5 Å². The summed E-state index contributed by atoms with van der Waals surface area (Å²) in [6.07, 6.45) is 0.908. The van der Waals surface area contributed by atoms with Gasteiger partial charge in [-0.25, -0.2) is 0 Å². The lowest BCUT2D eigenvalue weighted by Crippen LogP contribution is -2.16. The smallest absolute Gasteiger partial charge is 0.122 e. The lowest BCUT2D eigenvalue weighted by molar-refractivity contribution is 0.408. The lowest BCUT2D eigenvalue weighted by Gasteiger charge is -2.20. The molecule has 0 fully saturated rings. The number of aryl methyl sites for hydroxylation is 3. The second-order valence-electron chi connectivity index (χ2n) is 5.81. The standard InChI is InChI=1S/C19H25NO/c1-13-6-8-19(21-4)16(9-13)11-17(12-20)18-10-14(2)5-7-15(18)3/h5-10,17H,11-12,20H2,1-4H3. The van der Waals surface area contributed by atoms with E-state index in [0.29, 0.717) is 12.5 Å². The summed E-state index contributed by atoms with van der Waals surface area (Å²) in [6, 6.07) is 12.9. The molecule has 1 atom stereocenters. The topological polar surface area (TPSA) is 35.2 Å². The first-order valence-corrected chi connectivity index (χ1v) is 7.46. The molecule has 2 N–H and O–H groups in total. The van der Waals surface area contributed by atoms with E-state index in [4.69, 9.17) is 10.5 Å². The third-order valence-electron chi connectivity index (χ3n) is 4.06. The van der Waals surface area contributed by atoms with Gasteiger partial charge >= 0.3 is 0 Å². The van der Waals surface area contributed by atoms with Crippen LogP contribution in [0.5, 0.6) is 5.75 Å². The molecular weight excluding hydrogens is 258 g/mol. The van der Waals surface area contributed by atoms with Gasteiger partial charge in [0, 0.05) is 5.92 Å². The Bertz CT molecular complexity index is 619. The predicted molar refractivity (Wildman–Crippen MR) is 89.1 cm³/mol. The minimum absolute atomic E-state index is 0.320. The highest BCUT2D eigenvalue weighted by Crippen LogP contribution is 2.29. The van der Waals surface area contributed by atoms with Crippen LogP contribution < -0.4 is 10.5 Å². The van der Waals surface area contributed by atoms with Crippen LogP contribution in [0.2, 0.25) is 0 Å². The van der Waals surface area contributed by atoms with Gasteiger partial charge in [-0.3, -0.25) is 0 Å². The molecule has 0 heterocycles. The molecule has 0 aliphatic rings. The first kappa shape index (κ1) is 15.6. The van der Waals surface area contributed by atoms with Crippen molar-refractivity contribution in [2.45, 2.75) is 33.1 Å². The molecule has 0 bridgehead atoms. The summed E-state index contributed by atoms with van der Waals surface area (Å²) in [5, 5.41) is 0. The molecule has 112 valence electrons. The largest absolute Gasteiger partial charge is 0.496 e. The molecule has 2 aromatic rings. The summed E-state index contributed by atoms with van der Waals surface area (Å²) < 4.78 is 5.49. The molecule has 21 heavy (non-hydrogen) atoms. The van der Waals surface area contributed by atoms with Crippen molar-refractivity contribution in [3.05, 3.63) is 64.2 Å². The predicted octanol–water partition coefficient (Wildman–Crippen LogP) is 3.91. The molecule has 0 aliphatic carbocycles. The van der Waals surface area contributed by atoms with Crippen molar-refractivity contribution in [3.63, 3.8) is 0 Å². The van der Waals surface area contributed by atoms with Gasteiger partial charge in [-0.15, -0.1) is 0 Å². The summed E-state index contributed by atoms with van der Waals surface area (Å²) in [7, 11) is 1.73. The molecule has 2 nitrogen and oxygen atoms in total. The van der Waals surface area contributed by atoms with Gasteiger partial charge in [0.25, 0.3) is 0 Å². The minimum Gasteiger partial charge on any atom is -0.496 e.